The maximum absolute atomic E-state index is 14.0. The van der Waals surface area contributed by atoms with Crippen LogP contribution in [-0.2, 0) is 4.74 Å². The van der Waals surface area contributed by atoms with Gasteiger partial charge < -0.3 is 19.7 Å². The van der Waals surface area contributed by atoms with Gasteiger partial charge >= 0.3 is 6.03 Å². The Balaban J connectivity index is 1.64. The lowest BCUT2D eigenvalue weighted by Crippen LogP contribution is -2.40. The van der Waals surface area contributed by atoms with Gasteiger partial charge in [0.15, 0.2) is 11.6 Å². The van der Waals surface area contributed by atoms with Gasteiger partial charge in [0, 0.05) is 31.2 Å². The molecule has 2 amide bonds. The second kappa shape index (κ2) is 7.83. The third kappa shape index (κ3) is 3.80. The first-order chi connectivity index (χ1) is 11.7. The molecule has 0 radical (unpaired) electrons. The standard InChI is InChI=1S/C18H25FN2O3/c1-2-23-12-13-8-9-21(11-13)18(22)20-16-7-4-10-24-17-14(16)5-3-6-15(17)19/h3,5-6,13,16H,2,4,7-12H2,1H3,(H,20,22)/t13-,16+/m0/s1. The largest absolute Gasteiger partial charge is 0.490 e. The molecule has 0 aliphatic carbocycles. The molecule has 132 valence electrons. The van der Waals surface area contributed by atoms with Crippen LogP contribution in [0.4, 0.5) is 9.18 Å². The average molecular weight is 336 g/mol. The normalized spacial score (nSPS) is 23.3. The minimum Gasteiger partial charge on any atom is -0.490 e. The number of rotatable bonds is 4. The predicted octanol–water partition coefficient (Wildman–Crippen LogP) is 3.11. The van der Waals surface area contributed by atoms with E-state index in [0.29, 0.717) is 32.3 Å². The van der Waals surface area contributed by atoms with Gasteiger partial charge in [-0.25, -0.2) is 9.18 Å². The van der Waals surface area contributed by atoms with Gasteiger partial charge in [-0.15, -0.1) is 0 Å². The van der Waals surface area contributed by atoms with E-state index in [2.05, 4.69) is 5.32 Å². The topological polar surface area (TPSA) is 50.8 Å². The summed E-state index contributed by atoms with van der Waals surface area (Å²) in [5.74, 6) is 0.306. The first kappa shape index (κ1) is 17.0. The third-order valence-electron chi connectivity index (χ3n) is 4.68. The van der Waals surface area contributed by atoms with Crippen molar-refractivity contribution in [3.05, 3.63) is 29.6 Å². The van der Waals surface area contributed by atoms with E-state index in [4.69, 9.17) is 9.47 Å². The molecule has 1 aromatic rings. The highest BCUT2D eigenvalue weighted by Gasteiger charge is 2.29. The number of benzene rings is 1. The molecule has 24 heavy (non-hydrogen) atoms. The lowest BCUT2D eigenvalue weighted by atomic mass is 10.0. The molecule has 0 aromatic heterocycles. The molecule has 6 heteroatoms. The Bertz CT molecular complexity index is 581. The van der Waals surface area contributed by atoms with Crippen LogP contribution in [0.5, 0.6) is 5.75 Å². The Morgan fingerprint density at radius 2 is 2.33 bits per heavy atom. The van der Waals surface area contributed by atoms with Crippen molar-refractivity contribution in [2.75, 3.05) is 32.9 Å². The van der Waals surface area contributed by atoms with Crippen LogP contribution in [0, 0.1) is 11.7 Å². The Morgan fingerprint density at radius 1 is 1.46 bits per heavy atom. The van der Waals surface area contributed by atoms with Crippen LogP contribution >= 0.6 is 0 Å². The summed E-state index contributed by atoms with van der Waals surface area (Å²) in [6.07, 6.45) is 2.50. The number of ether oxygens (including phenoxy) is 2. The zero-order chi connectivity index (χ0) is 16.9. The number of hydrogen-bond donors (Lipinski definition) is 1. The Morgan fingerprint density at radius 3 is 3.17 bits per heavy atom. The van der Waals surface area contributed by atoms with Gasteiger partial charge in [-0.2, -0.15) is 0 Å². The maximum Gasteiger partial charge on any atom is 0.317 e. The van der Waals surface area contributed by atoms with Crippen LogP contribution in [0.3, 0.4) is 0 Å². The van der Waals surface area contributed by atoms with Gasteiger partial charge in [0.2, 0.25) is 0 Å². The monoisotopic (exact) mass is 336 g/mol. The van der Waals surface area contributed by atoms with Crippen LogP contribution in [0.25, 0.3) is 0 Å². The lowest BCUT2D eigenvalue weighted by Gasteiger charge is -2.23. The first-order valence-corrected chi connectivity index (χ1v) is 8.73. The number of para-hydroxylation sites is 1. The fraction of sp³-hybridized carbons (Fsp3) is 0.611. The predicted molar refractivity (Wildman–Crippen MR) is 88.6 cm³/mol. The molecular formula is C18H25FN2O3. The molecule has 0 unspecified atom stereocenters. The summed E-state index contributed by atoms with van der Waals surface area (Å²) in [6.45, 7) is 5.30. The smallest absolute Gasteiger partial charge is 0.317 e. The van der Waals surface area contributed by atoms with Crippen molar-refractivity contribution in [1.29, 1.82) is 0 Å². The molecule has 1 saturated heterocycles. The molecule has 1 N–H and O–H groups in total. The molecule has 2 aliphatic rings. The number of halogens is 1. The van der Waals surface area contributed by atoms with Crippen LogP contribution in [0.1, 0.15) is 37.8 Å². The van der Waals surface area contributed by atoms with Crippen LogP contribution in [0.2, 0.25) is 0 Å². The Kier molecular flexibility index (Phi) is 5.56. The molecule has 2 aliphatic heterocycles. The molecule has 1 fully saturated rings. The quantitative estimate of drug-likeness (QED) is 0.919. The summed E-state index contributed by atoms with van der Waals surface area (Å²) >= 11 is 0. The minimum atomic E-state index is -0.369. The Hall–Kier alpha value is -1.82. The van der Waals surface area contributed by atoms with Crippen LogP contribution in [-0.4, -0.2) is 43.8 Å². The highest BCUT2D eigenvalue weighted by atomic mass is 19.1. The highest BCUT2D eigenvalue weighted by Crippen LogP contribution is 2.33. The van der Waals surface area contributed by atoms with Crippen molar-refractivity contribution in [1.82, 2.24) is 10.2 Å². The first-order valence-electron chi connectivity index (χ1n) is 8.73. The second-order valence-corrected chi connectivity index (χ2v) is 6.41. The average Bonchev–Trinajstić information content (AvgIpc) is 2.96. The number of likely N-dealkylation sites (tertiary alicyclic amines) is 1. The fourth-order valence-electron chi connectivity index (χ4n) is 3.40. The van der Waals surface area contributed by atoms with E-state index in [-0.39, 0.29) is 23.6 Å². The van der Waals surface area contributed by atoms with E-state index in [9.17, 15) is 9.18 Å². The summed E-state index contributed by atoms with van der Waals surface area (Å²) in [4.78, 5) is 14.4. The maximum atomic E-state index is 14.0. The second-order valence-electron chi connectivity index (χ2n) is 6.41. The van der Waals surface area contributed by atoms with E-state index in [1.165, 1.54) is 6.07 Å². The molecule has 0 bridgehead atoms. The van der Waals surface area contributed by atoms with Crippen LogP contribution in [0.15, 0.2) is 18.2 Å². The van der Waals surface area contributed by atoms with Crippen molar-refractivity contribution in [3.8, 4) is 5.75 Å². The van der Waals surface area contributed by atoms with E-state index in [0.717, 1.165) is 31.4 Å². The van der Waals surface area contributed by atoms with Crippen molar-refractivity contribution in [2.45, 2.75) is 32.2 Å². The number of hydrogen-bond acceptors (Lipinski definition) is 3. The van der Waals surface area contributed by atoms with E-state index >= 15 is 0 Å². The van der Waals surface area contributed by atoms with E-state index < -0.39 is 0 Å². The number of nitrogens with zero attached hydrogens (tertiary/aromatic N) is 1. The van der Waals surface area contributed by atoms with E-state index in [1.54, 1.807) is 6.07 Å². The molecule has 5 nitrogen and oxygen atoms in total. The van der Waals surface area contributed by atoms with Crippen molar-refractivity contribution >= 4 is 6.03 Å². The van der Waals surface area contributed by atoms with Crippen molar-refractivity contribution in [3.63, 3.8) is 0 Å². The fourth-order valence-corrected chi connectivity index (χ4v) is 3.40. The van der Waals surface area contributed by atoms with Gasteiger partial charge in [0.1, 0.15) is 0 Å². The van der Waals surface area contributed by atoms with Crippen LogP contribution < -0.4 is 10.1 Å². The zero-order valence-corrected chi connectivity index (χ0v) is 14.1. The molecule has 2 atom stereocenters. The molecule has 0 spiro atoms. The van der Waals surface area contributed by atoms with Crippen molar-refractivity contribution in [2.24, 2.45) is 5.92 Å². The number of nitrogens with one attached hydrogen (secondary N) is 1. The number of carbonyl (C=O) groups excluding carboxylic acids is 1. The summed E-state index contributed by atoms with van der Waals surface area (Å²) in [7, 11) is 0. The summed E-state index contributed by atoms with van der Waals surface area (Å²) in [6, 6.07) is 4.58. The SMILES string of the molecule is CCOC[C@H]1CCN(C(=O)N[C@@H]2CCCOc3c(F)cccc32)C1. The molecule has 1 aromatic carbocycles. The van der Waals surface area contributed by atoms with E-state index in [1.807, 2.05) is 17.9 Å². The summed E-state index contributed by atoms with van der Waals surface area (Å²) in [5.41, 5.74) is 0.728. The minimum absolute atomic E-state index is 0.0869. The number of amides is 2. The number of fused-ring (bicyclic) bond motifs is 1. The Labute approximate surface area is 142 Å². The van der Waals surface area contributed by atoms with Crippen molar-refractivity contribution < 1.29 is 18.7 Å². The van der Waals surface area contributed by atoms with Gasteiger partial charge in [-0.1, -0.05) is 12.1 Å². The van der Waals surface area contributed by atoms with Gasteiger partial charge in [0.05, 0.1) is 19.3 Å². The highest BCUT2D eigenvalue weighted by molar-refractivity contribution is 5.75. The molecule has 3 rings (SSSR count). The van der Waals surface area contributed by atoms with Gasteiger partial charge in [-0.3, -0.25) is 0 Å². The zero-order valence-electron chi connectivity index (χ0n) is 14.1. The molecule has 0 saturated carbocycles. The molecule has 2 heterocycles. The van der Waals surface area contributed by atoms with Gasteiger partial charge in [0.25, 0.3) is 0 Å². The number of carbonyl (C=O) groups is 1. The molecular weight excluding hydrogens is 311 g/mol. The summed E-state index contributed by atoms with van der Waals surface area (Å²) < 4.78 is 24.9. The lowest BCUT2D eigenvalue weighted by molar-refractivity contribution is 0.113. The summed E-state index contributed by atoms with van der Waals surface area (Å²) in [5, 5.41) is 3.06. The van der Waals surface area contributed by atoms with Gasteiger partial charge in [-0.05, 0) is 32.3 Å². The third-order valence-corrected chi connectivity index (χ3v) is 4.68. The number of urea groups is 1.